The molecule has 0 aliphatic heterocycles. The second-order valence-corrected chi connectivity index (χ2v) is 5.90. The Balaban J connectivity index is 2.61. The van der Waals surface area contributed by atoms with Crippen molar-refractivity contribution in [1.82, 2.24) is 10.0 Å². The maximum Gasteiger partial charge on any atom is 0.240 e. The highest BCUT2D eigenvalue weighted by Gasteiger charge is 2.12. The second-order valence-electron chi connectivity index (χ2n) is 4.13. The third-order valence-corrected chi connectivity index (χ3v) is 4.08. The van der Waals surface area contributed by atoms with Gasteiger partial charge >= 0.3 is 0 Å². The molecule has 0 spiro atoms. The van der Waals surface area contributed by atoms with Gasteiger partial charge in [-0.2, -0.15) is 0 Å². The molecule has 0 radical (unpaired) electrons. The van der Waals surface area contributed by atoms with E-state index in [0.717, 1.165) is 18.7 Å². The number of nitrogens with one attached hydrogen (secondary N) is 2. The Hall–Kier alpha value is -1.35. The molecular weight excluding hydrogens is 260 g/mol. The van der Waals surface area contributed by atoms with Crippen LogP contribution < -0.4 is 10.0 Å². The average Bonchev–Trinajstić information content (AvgIpc) is 2.42. The molecule has 0 aliphatic rings. The Morgan fingerprint density at radius 3 is 2.53 bits per heavy atom. The van der Waals surface area contributed by atoms with Crippen molar-refractivity contribution < 1.29 is 8.42 Å². The molecule has 5 heteroatoms. The minimum absolute atomic E-state index is 0.286. The molecule has 0 saturated carbocycles. The number of hydrogen-bond acceptors (Lipinski definition) is 3. The van der Waals surface area contributed by atoms with E-state index >= 15 is 0 Å². The normalized spacial score (nSPS) is 11.2. The van der Waals surface area contributed by atoms with Gasteiger partial charge in [-0.05, 0) is 30.7 Å². The van der Waals surface area contributed by atoms with E-state index in [1.165, 1.54) is 0 Å². The third kappa shape index (κ3) is 5.43. The first kappa shape index (κ1) is 15.7. The molecule has 0 heterocycles. The lowest BCUT2D eigenvalue weighted by Gasteiger charge is -2.07. The summed E-state index contributed by atoms with van der Waals surface area (Å²) in [5.41, 5.74) is 1.06. The minimum Gasteiger partial charge on any atom is -0.313 e. The monoisotopic (exact) mass is 280 g/mol. The van der Waals surface area contributed by atoms with Crippen molar-refractivity contribution in [1.29, 1.82) is 0 Å². The predicted molar refractivity (Wildman–Crippen MR) is 77.1 cm³/mol. The van der Waals surface area contributed by atoms with Crippen LogP contribution >= 0.6 is 0 Å². The van der Waals surface area contributed by atoms with Gasteiger partial charge in [-0.25, -0.2) is 13.1 Å². The Labute approximate surface area is 115 Å². The number of terminal acetylenes is 1. The Morgan fingerprint density at radius 2 is 1.95 bits per heavy atom. The smallest absolute Gasteiger partial charge is 0.240 e. The van der Waals surface area contributed by atoms with Gasteiger partial charge in [0.25, 0.3) is 0 Å². The van der Waals surface area contributed by atoms with E-state index in [1.807, 2.05) is 19.1 Å². The van der Waals surface area contributed by atoms with Crippen LogP contribution in [0.3, 0.4) is 0 Å². The fourth-order valence-corrected chi connectivity index (χ4v) is 2.61. The summed E-state index contributed by atoms with van der Waals surface area (Å²) in [5.74, 6) is 2.48. The van der Waals surface area contributed by atoms with E-state index in [0.29, 0.717) is 19.4 Å². The molecule has 2 N–H and O–H groups in total. The zero-order valence-corrected chi connectivity index (χ0v) is 12.0. The van der Waals surface area contributed by atoms with Gasteiger partial charge in [0.15, 0.2) is 0 Å². The van der Waals surface area contributed by atoms with E-state index in [9.17, 15) is 8.42 Å². The van der Waals surface area contributed by atoms with Crippen molar-refractivity contribution in [3.05, 3.63) is 29.8 Å². The molecule has 1 aromatic carbocycles. The Bertz CT molecular complexity index is 515. The van der Waals surface area contributed by atoms with Gasteiger partial charge in [-0.15, -0.1) is 12.3 Å². The molecule has 0 aliphatic carbocycles. The number of benzene rings is 1. The van der Waals surface area contributed by atoms with Gasteiger partial charge in [0.2, 0.25) is 10.0 Å². The first-order valence-electron chi connectivity index (χ1n) is 6.33. The van der Waals surface area contributed by atoms with E-state index in [-0.39, 0.29) is 4.90 Å². The largest absolute Gasteiger partial charge is 0.313 e. The first-order chi connectivity index (χ1) is 9.10. The van der Waals surface area contributed by atoms with Crippen LogP contribution in [0.2, 0.25) is 0 Å². The molecule has 0 bridgehead atoms. The Kier molecular flexibility index (Phi) is 6.57. The van der Waals surface area contributed by atoms with Crippen LogP contribution in [-0.4, -0.2) is 21.5 Å². The molecule has 0 unspecified atom stereocenters. The summed E-state index contributed by atoms with van der Waals surface area (Å²) in [6.07, 6.45) is 6.33. The fraction of sp³-hybridized carbons (Fsp3) is 0.429. The lowest BCUT2D eigenvalue weighted by atomic mass is 10.2. The van der Waals surface area contributed by atoms with Gasteiger partial charge in [0, 0.05) is 19.5 Å². The van der Waals surface area contributed by atoms with Crippen molar-refractivity contribution in [2.45, 2.75) is 31.2 Å². The molecule has 4 nitrogen and oxygen atoms in total. The lowest BCUT2D eigenvalue weighted by Crippen LogP contribution is -2.24. The average molecular weight is 280 g/mol. The number of sulfonamides is 1. The quantitative estimate of drug-likeness (QED) is 0.560. The van der Waals surface area contributed by atoms with Crippen LogP contribution in [0, 0.1) is 12.3 Å². The van der Waals surface area contributed by atoms with E-state index in [1.54, 1.807) is 12.1 Å². The summed E-state index contributed by atoms with van der Waals surface area (Å²) in [4.78, 5) is 0.286. The predicted octanol–water partition coefficient (Wildman–Crippen LogP) is 1.49. The highest BCUT2D eigenvalue weighted by molar-refractivity contribution is 7.89. The van der Waals surface area contributed by atoms with E-state index < -0.39 is 10.0 Å². The van der Waals surface area contributed by atoms with Gasteiger partial charge in [0.1, 0.15) is 0 Å². The zero-order chi connectivity index (χ0) is 14.1. The maximum absolute atomic E-state index is 11.9. The highest BCUT2D eigenvalue weighted by Crippen LogP contribution is 2.10. The Morgan fingerprint density at radius 1 is 1.26 bits per heavy atom. The molecule has 104 valence electrons. The van der Waals surface area contributed by atoms with Gasteiger partial charge in [0.05, 0.1) is 4.90 Å². The molecule has 1 rings (SSSR count). The summed E-state index contributed by atoms with van der Waals surface area (Å²) in [6.45, 7) is 4.02. The summed E-state index contributed by atoms with van der Waals surface area (Å²) in [7, 11) is -3.42. The van der Waals surface area contributed by atoms with Gasteiger partial charge in [-0.1, -0.05) is 19.1 Å². The third-order valence-electron chi connectivity index (χ3n) is 2.60. The molecule has 19 heavy (non-hydrogen) atoms. The van der Waals surface area contributed by atoms with Crippen molar-refractivity contribution in [3.8, 4) is 12.3 Å². The standard InChI is InChI=1S/C14H20N2O2S/c1-3-5-6-11-16-19(17,18)14-9-7-13(8-10-14)12-15-4-2/h1,7-10,15-16H,4-6,11-12H2,2H3. The number of hydrogen-bond donors (Lipinski definition) is 2. The number of rotatable bonds is 8. The minimum atomic E-state index is -3.42. The summed E-state index contributed by atoms with van der Waals surface area (Å²) < 4.78 is 26.4. The fourth-order valence-electron chi connectivity index (χ4n) is 1.54. The molecular formula is C14H20N2O2S. The van der Waals surface area contributed by atoms with Crippen LogP contribution in [0.1, 0.15) is 25.3 Å². The lowest BCUT2D eigenvalue weighted by molar-refractivity contribution is 0.579. The van der Waals surface area contributed by atoms with Crippen LogP contribution in [0.5, 0.6) is 0 Å². The van der Waals surface area contributed by atoms with Gasteiger partial charge < -0.3 is 5.32 Å². The number of unbranched alkanes of at least 4 members (excludes halogenated alkanes) is 1. The van der Waals surface area contributed by atoms with Crippen LogP contribution in [-0.2, 0) is 16.6 Å². The SMILES string of the molecule is C#CCCCNS(=O)(=O)c1ccc(CNCC)cc1. The molecule has 0 fully saturated rings. The molecule has 0 saturated heterocycles. The van der Waals surface area contributed by atoms with Crippen molar-refractivity contribution in [3.63, 3.8) is 0 Å². The molecule has 0 amide bonds. The topological polar surface area (TPSA) is 58.2 Å². The van der Waals surface area contributed by atoms with Crippen LogP contribution in [0.4, 0.5) is 0 Å². The van der Waals surface area contributed by atoms with Gasteiger partial charge in [-0.3, -0.25) is 0 Å². The van der Waals surface area contributed by atoms with E-state index in [2.05, 4.69) is 16.0 Å². The summed E-state index contributed by atoms with van der Waals surface area (Å²) in [5, 5.41) is 3.19. The summed E-state index contributed by atoms with van der Waals surface area (Å²) in [6, 6.07) is 6.88. The molecule has 0 atom stereocenters. The summed E-state index contributed by atoms with van der Waals surface area (Å²) >= 11 is 0. The molecule has 0 aromatic heterocycles. The zero-order valence-electron chi connectivity index (χ0n) is 11.1. The van der Waals surface area contributed by atoms with E-state index in [4.69, 9.17) is 6.42 Å². The van der Waals surface area contributed by atoms with Crippen molar-refractivity contribution >= 4 is 10.0 Å². The van der Waals surface area contributed by atoms with Crippen LogP contribution in [0.25, 0.3) is 0 Å². The van der Waals surface area contributed by atoms with Crippen LogP contribution in [0.15, 0.2) is 29.2 Å². The second kappa shape index (κ2) is 7.95. The first-order valence-corrected chi connectivity index (χ1v) is 7.81. The van der Waals surface area contributed by atoms with Crippen molar-refractivity contribution in [2.24, 2.45) is 0 Å². The highest BCUT2D eigenvalue weighted by atomic mass is 32.2. The van der Waals surface area contributed by atoms with Crippen molar-refractivity contribution in [2.75, 3.05) is 13.1 Å². The maximum atomic E-state index is 11.9. The molecule has 1 aromatic rings.